The predicted octanol–water partition coefficient (Wildman–Crippen LogP) is 6.53. The molecule has 0 saturated heterocycles. The van der Waals surface area contributed by atoms with E-state index in [2.05, 4.69) is 21.2 Å². The number of anilines is 1. The third kappa shape index (κ3) is 9.38. The highest BCUT2D eigenvalue weighted by molar-refractivity contribution is 9.10. The van der Waals surface area contributed by atoms with Crippen LogP contribution in [0.4, 0.5) is 5.69 Å². The Hall–Kier alpha value is -4.35. The molecule has 4 aromatic carbocycles. The number of methoxy groups -OCH3 is 2. The summed E-state index contributed by atoms with van der Waals surface area (Å²) in [7, 11) is -1.32. The third-order valence-corrected chi connectivity index (χ3v) is 10.2. The number of hydrogen-bond acceptors (Lipinski definition) is 6. The molecule has 0 fully saturated rings. The van der Waals surface area contributed by atoms with Gasteiger partial charge in [-0.15, -0.1) is 0 Å². The Kier molecular flexibility index (Phi) is 13.0. The van der Waals surface area contributed by atoms with E-state index in [0.29, 0.717) is 18.0 Å². The van der Waals surface area contributed by atoms with Crippen molar-refractivity contribution in [3.63, 3.8) is 0 Å². The van der Waals surface area contributed by atoms with Gasteiger partial charge in [-0.05, 0) is 60.9 Å². The lowest BCUT2D eigenvalue weighted by Crippen LogP contribution is -2.53. The maximum absolute atomic E-state index is 14.7. The highest BCUT2D eigenvalue weighted by Gasteiger charge is 2.35. The molecule has 0 aliphatic heterocycles. The fourth-order valence-electron chi connectivity index (χ4n) is 5.24. The van der Waals surface area contributed by atoms with Gasteiger partial charge in [-0.25, -0.2) is 8.42 Å². The van der Waals surface area contributed by atoms with E-state index >= 15 is 0 Å². The van der Waals surface area contributed by atoms with Crippen molar-refractivity contribution in [3.8, 4) is 11.5 Å². The Labute approximate surface area is 292 Å². The smallest absolute Gasteiger partial charge is 0.264 e. The van der Waals surface area contributed by atoms with Crippen LogP contribution in [0.25, 0.3) is 0 Å². The Bertz CT molecular complexity index is 1780. The maximum atomic E-state index is 14.7. The molecule has 0 spiro atoms. The van der Waals surface area contributed by atoms with Gasteiger partial charge in [0, 0.05) is 30.0 Å². The normalized spacial score (nSPS) is 11.8. The van der Waals surface area contributed by atoms with Crippen molar-refractivity contribution < 1.29 is 27.5 Å². The van der Waals surface area contributed by atoms with Gasteiger partial charge in [-0.2, -0.15) is 0 Å². The van der Waals surface area contributed by atoms with Crippen molar-refractivity contribution >= 4 is 43.5 Å². The summed E-state index contributed by atoms with van der Waals surface area (Å²) in [5, 5.41) is 3.01. The number of hydrogen-bond donors (Lipinski definition) is 1. The van der Waals surface area contributed by atoms with Crippen LogP contribution >= 0.6 is 15.9 Å². The molecule has 254 valence electrons. The molecule has 0 radical (unpaired) electrons. The first kappa shape index (κ1) is 36.5. The van der Waals surface area contributed by atoms with Crippen LogP contribution in [0.1, 0.15) is 36.5 Å². The number of amides is 2. The summed E-state index contributed by atoms with van der Waals surface area (Å²) in [6.07, 6.45) is 1.91. The van der Waals surface area contributed by atoms with E-state index in [9.17, 15) is 18.0 Å². The highest BCUT2D eigenvalue weighted by atomic mass is 79.9. The molecular weight excluding hydrogens is 694 g/mol. The second-order valence-electron chi connectivity index (χ2n) is 11.4. The molecule has 0 bridgehead atoms. The molecule has 0 unspecified atom stereocenters. The lowest BCUT2D eigenvalue weighted by Gasteiger charge is -2.34. The molecular formula is C37H42BrN3O6S. The first-order chi connectivity index (χ1) is 23.1. The third-order valence-electron chi connectivity index (χ3n) is 7.89. The molecule has 0 aliphatic carbocycles. The number of nitrogens with zero attached hydrogens (tertiary/aromatic N) is 2. The number of benzene rings is 4. The van der Waals surface area contributed by atoms with Gasteiger partial charge in [-0.3, -0.25) is 13.9 Å². The second-order valence-corrected chi connectivity index (χ2v) is 14.1. The minimum absolute atomic E-state index is 0.0207. The maximum Gasteiger partial charge on any atom is 0.264 e. The van der Waals surface area contributed by atoms with Crippen molar-refractivity contribution in [3.05, 3.63) is 118 Å². The van der Waals surface area contributed by atoms with E-state index in [4.69, 9.17) is 9.47 Å². The zero-order valence-corrected chi connectivity index (χ0v) is 30.1. The Morgan fingerprint density at radius 2 is 1.54 bits per heavy atom. The molecule has 9 nitrogen and oxygen atoms in total. The van der Waals surface area contributed by atoms with Crippen LogP contribution in [0.5, 0.6) is 11.5 Å². The monoisotopic (exact) mass is 735 g/mol. The average molecular weight is 737 g/mol. The zero-order valence-electron chi connectivity index (χ0n) is 27.7. The van der Waals surface area contributed by atoms with Crippen molar-refractivity contribution in [2.75, 3.05) is 31.6 Å². The van der Waals surface area contributed by atoms with Gasteiger partial charge >= 0.3 is 0 Å². The lowest BCUT2D eigenvalue weighted by atomic mass is 10.0. The molecule has 0 saturated carbocycles. The topological polar surface area (TPSA) is 105 Å². The molecule has 11 heteroatoms. The molecule has 2 amide bonds. The van der Waals surface area contributed by atoms with E-state index in [1.165, 1.54) is 37.3 Å². The molecule has 1 atom stereocenters. The van der Waals surface area contributed by atoms with Crippen molar-refractivity contribution in [2.45, 2.75) is 50.6 Å². The second kappa shape index (κ2) is 17.2. The Balaban J connectivity index is 1.83. The first-order valence-electron chi connectivity index (χ1n) is 15.7. The average Bonchev–Trinajstić information content (AvgIpc) is 3.09. The number of nitrogens with one attached hydrogen (secondary N) is 1. The zero-order chi connectivity index (χ0) is 34.7. The number of halogens is 1. The largest absolute Gasteiger partial charge is 0.493 e. The van der Waals surface area contributed by atoms with Gasteiger partial charge in [0.15, 0.2) is 11.5 Å². The number of rotatable bonds is 16. The first-order valence-corrected chi connectivity index (χ1v) is 18.0. The van der Waals surface area contributed by atoms with E-state index in [1.54, 1.807) is 24.3 Å². The summed E-state index contributed by atoms with van der Waals surface area (Å²) in [4.78, 5) is 30.1. The minimum atomic E-state index is -4.26. The van der Waals surface area contributed by atoms with Crippen molar-refractivity contribution in [1.29, 1.82) is 0 Å². The quantitative estimate of drug-likeness (QED) is 0.131. The highest BCUT2D eigenvalue weighted by Crippen LogP contribution is 2.34. The van der Waals surface area contributed by atoms with Gasteiger partial charge in [0.25, 0.3) is 10.0 Å². The fraction of sp³-hybridized carbons (Fsp3) is 0.297. The van der Waals surface area contributed by atoms with Gasteiger partial charge in [0.2, 0.25) is 11.8 Å². The van der Waals surface area contributed by atoms with E-state index in [-0.39, 0.29) is 29.5 Å². The number of aryl methyl sites for hydroxylation is 1. The van der Waals surface area contributed by atoms with Crippen LogP contribution in [-0.4, -0.2) is 58.5 Å². The molecule has 1 N–H and O–H groups in total. The summed E-state index contributed by atoms with van der Waals surface area (Å²) in [6.45, 7) is 3.85. The number of sulfonamides is 1. The standard InChI is InChI=1S/C37H42BrN3O6S/c1-5-6-21-39-37(43)33(23-28-11-8-7-9-12-28)40(25-29-13-10-14-30(38)22-29)36(42)26-41(31-17-20-34(46-3)35(24-31)47-4)48(44,45)32-18-15-27(2)16-19-32/h7-20,22,24,33H,5-6,21,23,25-26H2,1-4H3,(H,39,43)/t33-/m1/s1. The van der Waals surface area contributed by atoms with E-state index in [0.717, 1.165) is 38.3 Å². The molecule has 0 aliphatic rings. The van der Waals surface area contributed by atoms with Gasteiger partial charge < -0.3 is 19.7 Å². The number of ether oxygens (including phenoxy) is 2. The van der Waals surface area contributed by atoms with Crippen LogP contribution in [-0.2, 0) is 32.6 Å². The van der Waals surface area contributed by atoms with Crippen molar-refractivity contribution in [2.24, 2.45) is 0 Å². The molecule has 4 rings (SSSR count). The van der Waals surface area contributed by atoms with Crippen molar-refractivity contribution in [1.82, 2.24) is 10.2 Å². The van der Waals surface area contributed by atoms with E-state index in [1.807, 2.05) is 68.4 Å². The Morgan fingerprint density at radius 3 is 2.19 bits per heavy atom. The van der Waals surface area contributed by atoms with Crippen LogP contribution < -0.4 is 19.1 Å². The SMILES string of the molecule is CCCCNC(=O)[C@@H](Cc1ccccc1)N(Cc1cccc(Br)c1)C(=O)CN(c1ccc(OC)c(OC)c1)S(=O)(=O)c1ccc(C)cc1. The van der Waals surface area contributed by atoms with Crippen LogP contribution in [0, 0.1) is 6.92 Å². The van der Waals surface area contributed by atoms with Crippen LogP contribution in [0.15, 0.2) is 106 Å². The summed E-state index contributed by atoms with van der Waals surface area (Å²) in [6, 6.07) is 27.2. The number of carbonyl (C=O) groups is 2. The van der Waals surface area contributed by atoms with E-state index < -0.39 is 28.5 Å². The number of unbranched alkanes of at least 4 members (excludes halogenated alkanes) is 1. The summed E-state index contributed by atoms with van der Waals surface area (Å²) >= 11 is 3.51. The molecule has 4 aromatic rings. The molecule has 48 heavy (non-hydrogen) atoms. The summed E-state index contributed by atoms with van der Waals surface area (Å²) in [5.74, 6) is -0.153. The van der Waals surface area contributed by atoms with Gasteiger partial charge in [0.1, 0.15) is 12.6 Å². The fourth-order valence-corrected chi connectivity index (χ4v) is 7.09. The van der Waals surface area contributed by atoms with Crippen LogP contribution in [0.2, 0.25) is 0 Å². The van der Waals surface area contributed by atoms with Crippen LogP contribution in [0.3, 0.4) is 0 Å². The number of carbonyl (C=O) groups excluding carboxylic acids is 2. The minimum Gasteiger partial charge on any atom is -0.493 e. The lowest BCUT2D eigenvalue weighted by molar-refractivity contribution is -0.140. The molecule has 0 aromatic heterocycles. The van der Waals surface area contributed by atoms with Gasteiger partial charge in [0.05, 0.1) is 24.8 Å². The molecule has 0 heterocycles. The predicted molar refractivity (Wildman–Crippen MR) is 192 cm³/mol. The van der Waals surface area contributed by atoms with Gasteiger partial charge in [-0.1, -0.05) is 89.4 Å². The summed E-state index contributed by atoms with van der Waals surface area (Å²) in [5.41, 5.74) is 2.73. The Morgan fingerprint density at radius 1 is 0.854 bits per heavy atom. The summed E-state index contributed by atoms with van der Waals surface area (Å²) < 4.78 is 41.4.